The van der Waals surface area contributed by atoms with Crippen LogP contribution in [0.5, 0.6) is 0 Å². The van der Waals surface area contributed by atoms with Crippen molar-refractivity contribution < 1.29 is 0 Å². The first-order chi connectivity index (χ1) is 36.7. The van der Waals surface area contributed by atoms with Gasteiger partial charge in [-0.1, -0.05) is 219 Å². The Balaban J connectivity index is 0.993. The van der Waals surface area contributed by atoms with Gasteiger partial charge in [0.25, 0.3) is 0 Å². The van der Waals surface area contributed by atoms with E-state index in [-0.39, 0.29) is 5.92 Å². The van der Waals surface area contributed by atoms with Gasteiger partial charge in [0.2, 0.25) is 0 Å². The fraction of sp³-hybridized carbons (Fsp3) is 0.189. The Labute approximate surface area is 437 Å². The number of rotatable bonds is 8. The van der Waals surface area contributed by atoms with Crippen molar-refractivity contribution in [2.24, 2.45) is 11.8 Å². The summed E-state index contributed by atoms with van der Waals surface area (Å²) in [6.07, 6.45) is 60.4. The molecule has 0 aliphatic heterocycles. The Morgan fingerprint density at radius 2 is 1.12 bits per heavy atom. The van der Waals surface area contributed by atoms with Crippen molar-refractivity contribution in [3.63, 3.8) is 0 Å². The van der Waals surface area contributed by atoms with Crippen molar-refractivity contribution >= 4 is 61.1 Å². The summed E-state index contributed by atoms with van der Waals surface area (Å²) in [6, 6.07) is 40.9. The molecule has 8 aliphatic rings. The zero-order valence-corrected chi connectivity index (χ0v) is 42.3. The quantitative estimate of drug-likeness (QED) is 0.133. The molecule has 0 bridgehead atoms. The van der Waals surface area contributed by atoms with Crippen LogP contribution in [0.15, 0.2) is 230 Å². The summed E-state index contributed by atoms with van der Waals surface area (Å²) in [4.78, 5) is 0. The van der Waals surface area contributed by atoms with Crippen molar-refractivity contribution in [1.82, 2.24) is 0 Å². The van der Waals surface area contributed by atoms with Crippen LogP contribution in [0.1, 0.15) is 115 Å². The second kappa shape index (κ2) is 19.2. The molecule has 4 unspecified atom stereocenters. The smallest absolute Gasteiger partial charge is 0.00682 e. The predicted molar refractivity (Wildman–Crippen MR) is 317 cm³/mol. The normalized spacial score (nSPS) is 22.5. The fourth-order valence-corrected chi connectivity index (χ4v) is 13.7. The Bertz CT molecular complexity index is 3840. The van der Waals surface area contributed by atoms with E-state index >= 15 is 0 Å². The summed E-state index contributed by atoms with van der Waals surface area (Å²) in [7, 11) is 0. The molecule has 358 valence electrons. The minimum atomic E-state index is 0.148. The van der Waals surface area contributed by atoms with Crippen LogP contribution >= 0.6 is 0 Å². The number of hydrogen-bond donors (Lipinski definition) is 0. The molecule has 0 N–H and O–H groups in total. The minimum absolute atomic E-state index is 0.148. The molecule has 6 aromatic carbocycles. The van der Waals surface area contributed by atoms with Gasteiger partial charge < -0.3 is 0 Å². The highest BCUT2D eigenvalue weighted by molar-refractivity contribution is 6.19. The molecule has 8 aliphatic carbocycles. The SMILES string of the molecule is C1=CCCC(c2cc(C3=CC(c4cc(C5=CCCC=C5)cc(C5=CC=CCC5)c4)CC(c4c5ccccc5c(-c5cccc6c5=CCC5CC7C=CC=CC7=CC=65)c5ccccc45)=C3)cc(C3C=CC=CC3)c2)=C1. The third-order valence-electron chi connectivity index (χ3n) is 17.3. The van der Waals surface area contributed by atoms with Crippen molar-refractivity contribution in [3.8, 4) is 11.1 Å². The molecule has 14 rings (SSSR count). The van der Waals surface area contributed by atoms with Crippen molar-refractivity contribution in [2.75, 3.05) is 0 Å². The van der Waals surface area contributed by atoms with Crippen LogP contribution < -0.4 is 10.4 Å². The zero-order valence-electron chi connectivity index (χ0n) is 42.3. The molecule has 0 saturated heterocycles. The highest BCUT2D eigenvalue weighted by atomic mass is 14.3. The van der Waals surface area contributed by atoms with Crippen LogP contribution in [0.25, 0.3) is 72.2 Å². The van der Waals surface area contributed by atoms with Gasteiger partial charge in [0, 0.05) is 17.8 Å². The Kier molecular flexibility index (Phi) is 11.7. The second-order valence-corrected chi connectivity index (χ2v) is 21.8. The molecule has 6 aromatic rings. The largest absolute Gasteiger partial charge is 0.0842 e. The molecular formula is C74H62. The van der Waals surface area contributed by atoms with E-state index in [1.54, 1.807) is 0 Å². The standard InChI is InChI=1S/C74H62/c1-5-20-49(21-6-1)56-39-57(50-22-7-2-8-23-50)42-60(41-56)62-45-63(61-43-58(51-24-9-3-10-25-51)40-59(44-61)52-26-11-4-12-27-52)47-64(46-62)73-68-30-15-17-32-70(68)74(71-33-18-16-31-69(71)73)67-35-19-34-65-66(67)37-36-55-38-53-28-13-14-29-54(53)48-72(55)65/h1-3,5-7,9,11,13-20,22,24,26-35,37,39-46,48-49,53,55,63H,4,8,10,12,21,23,25,36,38,47H2. The highest BCUT2D eigenvalue weighted by Gasteiger charge is 2.30. The lowest BCUT2D eigenvalue weighted by Crippen LogP contribution is -2.36. The Hall–Kier alpha value is -7.80. The van der Waals surface area contributed by atoms with Gasteiger partial charge in [-0.15, -0.1) is 0 Å². The van der Waals surface area contributed by atoms with E-state index in [2.05, 4.69) is 231 Å². The second-order valence-electron chi connectivity index (χ2n) is 21.8. The molecule has 74 heavy (non-hydrogen) atoms. The van der Waals surface area contributed by atoms with E-state index in [4.69, 9.17) is 0 Å². The Morgan fingerprint density at radius 1 is 0.446 bits per heavy atom. The van der Waals surface area contributed by atoms with E-state index in [9.17, 15) is 0 Å². The third-order valence-corrected chi connectivity index (χ3v) is 17.3. The molecule has 0 heterocycles. The average Bonchev–Trinajstić information content (AvgIpc) is 3.52. The molecule has 0 radical (unpaired) electrons. The summed E-state index contributed by atoms with van der Waals surface area (Å²) in [6.45, 7) is 0. The van der Waals surface area contributed by atoms with Gasteiger partial charge >= 0.3 is 0 Å². The van der Waals surface area contributed by atoms with Crippen LogP contribution in [0, 0.1) is 11.8 Å². The molecule has 0 amide bonds. The van der Waals surface area contributed by atoms with Crippen LogP contribution in [-0.4, -0.2) is 0 Å². The van der Waals surface area contributed by atoms with E-state index in [0.717, 1.165) is 57.8 Å². The summed E-state index contributed by atoms with van der Waals surface area (Å²) in [5.41, 5.74) is 22.1. The van der Waals surface area contributed by atoms with Crippen LogP contribution in [0.4, 0.5) is 0 Å². The van der Waals surface area contributed by atoms with Gasteiger partial charge in [0.15, 0.2) is 0 Å². The summed E-state index contributed by atoms with van der Waals surface area (Å²) in [5, 5.41) is 8.09. The summed E-state index contributed by atoms with van der Waals surface area (Å²) in [5.74, 6) is 1.55. The van der Waals surface area contributed by atoms with Crippen molar-refractivity contribution in [1.29, 1.82) is 0 Å². The van der Waals surface area contributed by atoms with Crippen LogP contribution in [0.3, 0.4) is 0 Å². The van der Waals surface area contributed by atoms with Gasteiger partial charge in [0.05, 0.1) is 0 Å². The summed E-state index contributed by atoms with van der Waals surface area (Å²) < 4.78 is 0. The lowest BCUT2D eigenvalue weighted by Gasteiger charge is -2.32. The van der Waals surface area contributed by atoms with E-state index in [0.29, 0.717) is 17.8 Å². The highest BCUT2D eigenvalue weighted by Crippen LogP contribution is 2.48. The maximum Gasteiger partial charge on any atom is 0.00682 e. The van der Waals surface area contributed by atoms with E-state index in [1.165, 1.54) is 127 Å². The molecule has 0 nitrogen and oxygen atoms in total. The molecule has 0 spiro atoms. The van der Waals surface area contributed by atoms with Crippen LogP contribution in [-0.2, 0) is 0 Å². The van der Waals surface area contributed by atoms with Gasteiger partial charge in [0.1, 0.15) is 0 Å². The van der Waals surface area contributed by atoms with Gasteiger partial charge in [-0.05, 0) is 203 Å². The predicted octanol–water partition coefficient (Wildman–Crippen LogP) is 18.1. The lowest BCUT2D eigenvalue weighted by molar-refractivity contribution is 0.535. The first-order valence-electron chi connectivity index (χ1n) is 27.7. The molecule has 0 fully saturated rings. The van der Waals surface area contributed by atoms with Crippen molar-refractivity contribution in [3.05, 3.63) is 280 Å². The number of benzene rings is 6. The fourth-order valence-electron chi connectivity index (χ4n) is 13.7. The monoisotopic (exact) mass is 950 g/mol. The summed E-state index contributed by atoms with van der Waals surface area (Å²) >= 11 is 0. The van der Waals surface area contributed by atoms with E-state index in [1.807, 2.05) is 0 Å². The van der Waals surface area contributed by atoms with Gasteiger partial charge in [-0.2, -0.15) is 0 Å². The average molecular weight is 951 g/mol. The number of allylic oxidation sites excluding steroid dienone is 26. The first-order valence-corrected chi connectivity index (χ1v) is 27.7. The van der Waals surface area contributed by atoms with Crippen LogP contribution in [0.2, 0.25) is 0 Å². The first kappa shape index (κ1) is 44.9. The zero-order chi connectivity index (χ0) is 49.0. The van der Waals surface area contributed by atoms with E-state index < -0.39 is 0 Å². The van der Waals surface area contributed by atoms with Gasteiger partial charge in [-0.3, -0.25) is 0 Å². The molecule has 0 aromatic heterocycles. The van der Waals surface area contributed by atoms with Crippen molar-refractivity contribution in [2.45, 2.75) is 76.0 Å². The topological polar surface area (TPSA) is 0 Å². The Morgan fingerprint density at radius 3 is 1.80 bits per heavy atom. The number of hydrogen-bond acceptors (Lipinski definition) is 0. The lowest BCUT2D eigenvalue weighted by atomic mass is 9.72. The molecule has 0 saturated carbocycles. The molecular weight excluding hydrogens is 889 g/mol. The minimum Gasteiger partial charge on any atom is -0.0842 e. The maximum atomic E-state index is 2.64. The molecule has 0 heteroatoms. The maximum absolute atomic E-state index is 2.64. The molecule has 4 atom stereocenters. The van der Waals surface area contributed by atoms with Gasteiger partial charge in [-0.25, -0.2) is 0 Å². The number of fused-ring (bicyclic) bond motifs is 5. The third kappa shape index (κ3) is 8.26.